The van der Waals surface area contributed by atoms with E-state index in [9.17, 15) is 9.59 Å². The Morgan fingerprint density at radius 3 is 2.71 bits per heavy atom. The number of fused-ring (bicyclic) bond motifs is 1. The lowest BCUT2D eigenvalue weighted by atomic mass is 10.1. The molecule has 3 rings (SSSR count). The van der Waals surface area contributed by atoms with Gasteiger partial charge in [0.25, 0.3) is 0 Å². The van der Waals surface area contributed by atoms with Crippen LogP contribution in [0.4, 0.5) is 5.69 Å². The zero-order chi connectivity index (χ0) is 16.9. The summed E-state index contributed by atoms with van der Waals surface area (Å²) in [5.41, 5.74) is 2.41. The van der Waals surface area contributed by atoms with Crippen LogP contribution in [0, 0.1) is 0 Å². The molecule has 0 saturated carbocycles. The number of benzene rings is 2. The first-order chi connectivity index (χ1) is 11.6. The Morgan fingerprint density at radius 1 is 1.17 bits per heavy atom. The highest BCUT2D eigenvalue weighted by atomic mass is 35.5. The number of hydrogen-bond acceptors (Lipinski definition) is 3. The number of carbonyl (C=O) groups is 2. The van der Waals surface area contributed by atoms with Gasteiger partial charge in [0, 0.05) is 11.6 Å². The predicted octanol–water partition coefficient (Wildman–Crippen LogP) is 2.92. The van der Waals surface area contributed by atoms with Crippen molar-refractivity contribution in [2.45, 2.75) is 19.4 Å². The largest absolute Gasteiger partial charge is 0.491 e. The molecule has 2 N–H and O–H groups in total. The van der Waals surface area contributed by atoms with Gasteiger partial charge in [0.15, 0.2) is 0 Å². The summed E-state index contributed by atoms with van der Waals surface area (Å²) >= 11 is 5.83. The van der Waals surface area contributed by atoms with Crippen molar-refractivity contribution < 1.29 is 14.3 Å². The van der Waals surface area contributed by atoms with E-state index in [-0.39, 0.29) is 18.2 Å². The summed E-state index contributed by atoms with van der Waals surface area (Å²) in [5, 5.41) is 6.32. The van der Waals surface area contributed by atoms with Gasteiger partial charge in [-0.25, -0.2) is 0 Å². The van der Waals surface area contributed by atoms with Crippen LogP contribution in [0.3, 0.4) is 0 Å². The van der Waals surface area contributed by atoms with E-state index in [0.717, 1.165) is 11.1 Å². The first kappa shape index (κ1) is 16.3. The van der Waals surface area contributed by atoms with Gasteiger partial charge in [-0.3, -0.25) is 9.59 Å². The zero-order valence-corrected chi connectivity index (χ0v) is 13.7. The third kappa shape index (κ3) is 4.26. The second-order valence-corrected chi connectivity index (χ2v) is 5.99. The molecule has 5 nitrogen and oxygen atoms in total. The van der Waals surface area contributed by atoms with Crippen LogP contribution in [0.2, 0.25) is 5.02 Å². The van der Waals surface area contributed by atoms with Gasteiger partial charge in [-0.05, 0) is 35.4 Å². The van der Waals surface area contributed by atoms with Gasteiger partial charge < -0.3 is 15.4 Å². The van der Waals surface area contributed by atoms with Crippen LogP contribution < -0.4 is 15.4 Å². The van der Waals surface area contributed by atoms with Gasteiger partial charge in [-0.1, -0.05) is 29.8 Å². The molecule has 1 heterocycles. The summed E-state index contributed by atoms with van der Waals surface area (Å²) in [6.07, 6.45) is 0.558. The Hall–Kier alpha value is -2.53. The Bertz CT molecular complexity index is 759. The van der Waals surface area contributed by atoms with E-state index in [0.29, 0.717) is 36.0 Å². The summed E-state index contributed by atoms with van der Waals surface area (Å²) in [7, 11) is 0. The normalized spacial score (nSPS) is 13.3. The molecule has 6 heteroatoms. The average molecular weight is 345 g/mol. The molecule has 0 atom stereocenters. The quantitative estimate of drug-likeness (QED) is 0.896. The molecule has 0 aromatic heterocycles. The van der Waals surface area contributed by atoms with Gasteiger partial charge in [0.2, 0.25) is 11.8 Å². The molecule has 2 amide bonds. The summed E-state index contributed by atoms with van der Waals surface area (Å²) in [6, 6.07) is 12.7. The van der Waals surface area contributed by atoms with Crippen molar-refractivity contribution in [3.05, 3.63) is 58.6 Å². The molecule has 0 bridgehead atoms. The number of ether oxygens (including phenoxy) is 1. The predicted molar refractivity (Wildman–Crippen MR) is 92.2 cm³/mol. The number of hydrogen-bond donors (Lipinski definition) is 2. The minimum atomic E-state index is -0.0919. The number of amides is 2. The number of anilines is 1. The van der Waals surface area contributed by atoms with Crippen LogP contribution in [0.25, 0.3) is 0 Å². The molecule has 1 aliphatic rings. The van der Waals surface area contributed by atoms with Crippen LogP contribution in [-0.4, -0.2) is 18.4 Å². The maximum absolute atomic E-state index is 12.1. The van der Waals surface area contributed by atoms with Crippen LogP contribution in [0.1, 0.15) is 17.5 Å². The second kappa shape index (κ2) is 7.36. The lowest BCUT2D eigenvalue weighted by Crippen LogP contribution is -2.24. The minimum Gasteiger partial charge on any atom is -0.491 e. The van der Waals surface area contributed by atoms with E-state index in [1.807, 2.05) is 18.2 Å². The molecular weight excluding hydrogens is 328 g/mol. The number of carbonyl (C=O) groups excluding carboxylic acids is 2. The fourth-order valence-corrected chi connectivity index (χ4v) is 2.55. The summed E-state index contributed by atoms with van der Waals surface area (Å²) < 4.78 is 5.50. The van der Waals surface area contributed by atoms with Crippen molar-refractivity contribution in [3.63, 3.8) is 0 Å². The van der Waals surface area contributed by atoms with Crippen molar-refractivity contribution in [1.29, 1.82) is 0 Å². The van der Waals surface area contributed by atoms with Crippen LogP contribution >= 0.6 is 11.6 Å². The molecule has 2 aromatic rings. The Morgan fingerprint density at radius 2 is 1.92 bits per heavy atom. The highest BCUT2D eigenvalue weighted by Gasteiger charge is 2.14. The highest BCUT2D eigenvalue weighted by Crippen LogP contribution is 2.28. The molecule has 0 spiro atoms. The first-order valence-electron chi connectivity index (χ1n) is 7.67. The minimum absolute atomic E-state index is 0.0851. The van der Waals surface area contributed by atoms with Crippen LogP contribution in [-0.2, 0) is 22.6 Å². The van der Waals surface area contributed by atoms with E-state index in [4.69, 9.17) is 16.3 Å². The summed E-state index contributed by atoms with van der Waals surface area (Å²) in [5.74, 6) is 0.454. The molecular formula is C18H17ClN2O3. The Balaban J connectivity index is 1.60. The molecule has 1 aliphatic heterocycles. The first-order valence-corrected chi connectivity index (χ1v) is 8.05. The third-order valence-corrected chi connectivity index (χ3v) is 3.92. The van der Waals surface area contributed by atoms with Gasteiger partial charge in [-0.2, -0.15) is 0 Å². The van der Waals surface area contributed by atoms with Crippen molar-refractivity contribution in [1.82, 2.24) is 5.32 Å². The number of rotatable bonds is 4. The molecule has 124 valence electrons. The van der Waals surface area contributed by atoms with Crippen molar-refractivity contribution in [2.75, 3.05) is 11.9 Å². The summed E-state index contributed by atoms with van der Waals surface area (Å²) in [6.45, 7) is 0.806. The van der Waals surface area contributed by atoms with Crippen molar-refractivity contribution in [2.24, 2.45) is 0 Å². The molecule has 0 fully saturated rings. The molecule has 2 aromatic carbocycles. The molecule has 0 unspecified atom stereocenters. The van der Waals surface area contributed by atoms with Crippen LogP contribution in [0.5, 0.6) is 5.75 Å². The van der Waals surface area contributed by atoms with E-state index in [1.165, 1.54) is 0 Å². The Kier molecular flexibility index (Phi) is 5.01. The van der Waals surface area contributed by atoms with E-state index >= 15 is 0 Å². The number of nitrogens with one attached hydrogen (secondary N) is 2. The third-order valence-electron chi connectivity index (χ3n) is 3.67. The van der Waals surface area contributed by atoms with Gasteiger partial charge >= 0.3 is 0 Å². The fourth-order valence-electron chi connectivity index (χ4n) is 2.43. The topological polar surface area (TPSA) is 67.4 Å². The van der Waals surface area contributed by atoms with Crippen LogP contribution in [0.15, 0.2) is 42.5 Å². The van der Waals surface area contributed by atoms with Gasteiger partial charge in [0.1, 0.15) is 5.75 Å². The smallest absolute Gasteiger partial charge is 0.227 e. The molecule has 24 heavy (non-hydrogen) atoms. The molecule has 0 aliphatic carbocycles. The maximum Gasteiger partial charge on any atom is 0.227 e. The Labute approximate surface area is 145 Å². The SMILES string of the molecule is O=C(Cc1ccc2c(c1)NC(=O)CCO2)NCc1ccc(Cl)cc1. The standard InChI is InChI=1S/C18H17ClN2O3/c19-14-4-1-12(2-5-14)11-20-18(23)10-13-3-6-16-15(9-13)21-17(22)7-8-24-16/h1-6,9H,7-8,10-11H2,(H,20,23)(H,21,22). The highest BCUT2D eigenvalue weighted by molar-refractivity contribution is 6.30. The lowest BCUT2D eigenvalue weighted by Gasteiger charge is -2.10. The lowest BCUT2D eigenvalue weighted by molar-refractivity contribution is -0.120. The van der Waals surface area contributed by atoms with E-state index < -0.39 is 0 Å². The van der Waals surface area contributed by atoms with E-state index in [2.05, 4.69) is 10.6 Å². The average Bonchev–Trinajstić information content (AvgIpc) is 2.74. The van der Waals surface area contributed by atoms with Gasteiger partial charge in [-0.15, -0.1) is 0 Å². The molecule has 0 radical (unpaired) electrons. The fraction of sp³-hybridized carbons (Fsp3) is 0.222. The molecule has 0 saturated heterocycles. The van der Waals surface area contributed by atoms with Gasteiger partial charge in [0.05, 0.1) is 25.1 Å². The van der Waals surface area contributed by atoms with Crippen molar-refractivity contribution in [3.8, 4) is 5.75 Å². The monoisotopic (exact) mass is 344 g/mol. The maximum atomic E-state index is 12.1. The zero-order valence-electron chi connectivity index (χ0n) is 13.0. The summed E-state index contributed by atoms with van der Waals surface area (Å²) in [4.78, 5) is 23.7. The number of halogens is 1. The van der Waals surface area contributed by atoms with Crippen molar-refractivity contribution >= 4 is 29.1 Å². The second-order valence-electron chi connectivity index (χ2n) is 5.56. The van der Waals surface area contributed by atoms with E-state index in [1.54, 1.807) is 24.3 Å².